The fourth-order valence-corrected chi connectivity index (χ4v) is 6.18. The monoisotopic (exact) mass is 570 g/mol. The zero-order valence-electron chi connectivity index (χ0n) is 28.2. The van der Waals surface area contributed by atoms with Gasteiger partial charge in [-0.15, -0.1) is 0 Å². The van der Waals surface area contributed by atoms with Crippen molar-refractivity contribution in [2.75, 3.05) is 0 Å². The van der Waals surface area contributed by atoms with E-state index >= 15 is 0 Å². The standard InChI is InChI=1S/C40H58O2/c1-30(18-13-20-32(3)23-25-35-34(5)22-15-28-38(35,6)7)16-11-12-17-31(2)19-14-21-33(4)24-26-37-36(39(8,9)41)27-29-40(37,10)42/h11-14,16-21,23-26,36-37,41-42H,15,22,27-29H2,1-10H3/b12-11+,18-13+,19-14+,25-23+,26-24+,30-16+,31-17+,32-20+,33-21+. The van der Waals surface area contributed by atoms with E-state index in [1.54, 1.807) is 0 Å². The molecule has 0 amide bonds. The second kappa shape index (κ2) is 15.7. The molecule has 1 fully saturated rings. The molecule has 230 valence electrons. The summed E-state index contributed by atoms with van der Waals surface area (Å²) in [5.41, 5.74) is 6.47. The molecular formula is C40H58O2. The Morgan fingerprint density at radius 1 is 0.762 bits per heavy atom. The number of allylic oxidation sites excluding steroid dienone is 19. The first-order chi connectivity index (χ1) is 19.5. The molecule has 2 rings (SSSR count). The van der Waals surface area contributed by atoms with Crippen LogP contribution in [-0.4, -0.2) is 21.4 Å². The maximum Gasteiger partial charge on any atom is 0.0686 e. The second-order valence-corrected chi connectivity index (χ2v) is 14.1. The fourth-order valence-electron chi connectivity index (χ4n) is 6.18. The van der Waals surface area contributed by atoms with Crippen molar-refractivity contribution in [1.82, 2.24) is 0 Å². The molecule has 0 aromatic carbocycles. The van der Waals surface area contributed by atoms with E-state index in [1.165, 1.54) is 47.1 Å². The smallest absolute Gasteiger partial charge is 0.0686 e. The van der Waals surface area contributed by atoms with Gasteiger partial charge in [0, 0.05) is 5.92 Å². The first-order valence-electron chi connectivity index (χ1n) is 15.8. The van der Waals surface area contributed by atoms with Crippen LogP contribution in [0, 0.1) is 17.3 Å². The lowest BCUT2D eigenvalue weighted by atomic mass is 9.72. The summed E-state index contributed by atoms with van der Waals surface area (Å²) in [4.78, 5) is 0. The van der Waals surface area contributed by atoms with Gasteiger partial charge in [-0.05, 0) is 104 Å². The summed E-state index contributed by atoms with van der Waals surface area (Å²) in [6.45, 7) is 21.0. The highest BCUT2D eigenvalue weighted by Gasteiger charge is 2.47. The summed E-state index contributed by atoms with van der Waals surface area (Å²) in [6, 6.07) is 0. The third-order valence-electron chi connectivity index (χ3n) is 8.91. The average molecular weight is 571 g/mol. The van der Waals surface area contributed by atoms with Gasteiger partial charge in [-0.1, -0.05) is 127 Å². The molecular weight excluding hydrogens is 512 g/mol. The lowest BCUT2D eigenvalue weighted by molar-refractivity contribution is -0.0294. The summed E-state index contributed by atoms with van der Waals surface area (Å²) in [6.07, 6.45) is 35.1. The normalized spacial score (nSPS) is 27.3. The first-order valence-corrected chi connectivity index (χ1v) is 15.8. The van der Waals surface area contributed by atoms with Crippen molar-refractivity contribution in [2.45, 2.75) is 113 Å². The van der Waals surface area contributed by atoms with E-state index in [2.05, 4.69) is 134 Å². The molecule has 2 N–H and O–H groups in total. The van der Waals surface area contributed by atoms with Gasteiger partial charge in [-0.2, -0.15) is 0 Å². The molecule has 0 saturated heterocycles. The van der Waals surface area contributed by atoms with Gasteiger partial charge in [-0.25, -0.2) is 0 Å². The van der Waals surface area contributed by atoms with Gasteiger partial charge >= 0.3 is 0 Å². The van der Waals surface area contributed by atoms with E-state index < -0.39 is 11.2 Å². The summed E-state index contributed by atoms with van der Waals surface area (Å²) >= 11 is 0. The molecule has 0 aromatic heterocycles. The molecule has 3 atom stereocenters. The Balaban J connectivity index is 1.90. The van der Waals surface area contributed by atoms with Crippen LogP contribution in [0.15, 0.2) is 119 Å². The van der Waals surface area contributed by atoms with E-state index in [0.717, 1.165) is 12.0 Å². The second-order valence-electron chi connectivity index (χ2n) is 14.1. The van der Waals surface area contributed by atoms with Crippen molar-refractivity contribution in [3.05, 3.63) is 119 Å². The summed E-state index contributed by atoms with van der Waals surface area (Å²) in [5, 5.41) is 21.4. The third kappa shape index (κ3) is 11.5. The van der Waals surface area contributed by atoms with Crippen molar-refractivity contribution in [3.8, 4) is 0 Å². The van der Waals surface area contributed by atoms with Crippen LogP contribution in [0.1, 0.15) is 101 Å². The molecule has 2 nitrogen and oxygen atoms in total. The Kier molecular flexibility index (Phi) is 13.3. The van der Waals surface area contributed by atoms with Gasteiger partial charge in [0.05, 0.1) is 11.2 Å². The van der Waals surface area contributed by atoms with Gasteiger partial charge in [0.1, 0.15) is 0 Å². The summed E-state index contributed by atoms with van der Waals surface area (Å²) < 4.78 is 0. The minimum Gasteiger partial charge on any atom is -0.390 e. The van der Waals surface area contributed by atoms with Crippen molar-refractivity contribution < 1.29 is 10.2 Å². The SMILES string of the molecule is CC1=C(/C=C/C(C)=C/C=C/C(C)=C/C=C/C=C(C)/C=C/C=C(C)/C=C/C2C(C(C)(C)O)CCC2(C)O)C(C)(C)CCC1. The van der Waals surface area contributed by atoms with Crippen LogP contribution in [0.25, 0.3) is 0 Å². The Morgan fingerprint density at radius 2 is 1.26 bits per heavy atom. The molecule has 0 spiro atoms. The predicted octanol–water partition coefficient (Wildman–Crippen LogP) is 10.6. The largest absolute Gasteiger partial charge is 0.390 e. The molecule has 2 aliphatic carbocycles. The van der Waals surface area contributed by atoms with Gasteiger partial charge in [0.25, 0.3) is 0 Å². The number of aliphatic hydroxyl groups is 2. The minimum atomic E-state index is -0.802. The van der Waals surface area contributed by atoms with Crippen LogP contribution in [0.5, 0.6) is 0 Å². The molecule has 42 heavy (non-hydrogen) atoms. The van der Waals surface area contributed by atoms with E-state index in [-0.39, 0.29) is 17.3 Å². The highest BCUT2D eigenvalue weighted by Crippen LogP contribution is 2.46. The lowest BCUT2D eigenvalue weighted by Crippen LogP contribution is -2.39. The topological polar surface area (TPSA) is 40.5 Å². The Hall–Kier alpha value is -2.68. The Bertz CT molecular complexity index is 1220. The van der Waals surface area contributed by atoms with Crippen LogP contribution in [0.2, 0.25) is 0 Å². The van der Waals surface area contributed by atoms with Crippen molar-refractivity contribution >= 4 is 0 Å². The lowest BCUT2D eigenvalue weighted by Gasteiger charge is -2.33. The first kappa shape index (κ1) is 35.5. The third-order valence-corrected chi connectivity index (χ3v) is 8.91. The van der Waals surface area contributed by atoms with Crippen LogP contribution >= 0.6 is 0 Å². The molecule has 2 aliphatic rings. The van der Waals surface area contributed by atoms with Crippen LogP contribution in [-0.2, 0) is 0 Å². The van der Waals surface area contributed by atoms with E-state index in [0.29, 0.717) is 6.42 Å². The number of hydrogen-bond donors (Lipinski definition) is 2. The zero-order chi connectivity index (χ0) is 31.6. The molecule has 0 bridgehead atoms. The summed E-state index contributed by atoms with van der Waals surface area (Å²) in [7, 11) is 0. The predicted molar refractivity (Wildman–Crippen MR) is 184 cm³/mol. The minimum absolute atomic E-state index is 0.0547. The molecule has 0 heterocycles. The average Bonchev–Trinajstić information content (AvgIpc) is 3.19. The maximum atomic E-state index is 10.8. The van der Waals surface area contributed by atoms with Gasteiger partial charge in [0.15, 0.2) is 0 Å². The fraction of sp³-hybridized carbons (Fsp3) is 0.500. The van der Waals surface area contributed by atoms with E-state index in [4.69, 9.17) is 0 Å². The van der Waals surface area contributed by atoms with Gasteiger partial charge in [0.2, 0.25) is 0 Å². The van der Waals surface area contributed by atoms with Crippen LogP contribution < -0.4 is 0 Å². The summed E-state index contributed by atoms with van der Waals surface area (Å²) in [5.74, 6) is 0.00197. The molecule has 0 radical (unpaired) electrons. The van der Waals surface area contributed by atoms with Crippen molar-refractivity contribution in [2.24, 2.45) is 17.3 Å². The van der Waals surface area contributed by atoms with E-state index in [1.807, 2.05) is 20.8 Å². The molecule has 0 aliphatic heterocycles. The van der Waals surface area contributed by atoms with Crippen molar-refractivity contribution in [3.63, 3.8) is 0 Å². The number of hydrogen-bond acceptors (Lipinski definition) is 2. The molecule has 1 saturated carbocycles. The molecule has 0 aromatic rings. The zero-order valence-corrected chi connectivity index (χ0v) is 28.2. The van der Waals surface area contributed by atoms with Gasteiger partial charge < -0.3 is 10.2 Å². The number of rotatable bonds is 11. The van der Waals surface area contributed by atoms with Gasteiger partial charge in [-0.3, -0.25) is 0 Å². The Labute approximate surface area is 258 Å². The molecule has 2 heteroatoms. The van der Waals surface area contributed by atoms with Crippen LogP contribution in [0.4, 0.5) is 0 Å². The molecule has 3 unspecified atom stereocenters. The quantitative estimate of drug-likeness (QED) is 0.243. The van der Waals surface area contributed by atoms with Crippen molar-refractivity contribution in [1.29, 1.82) is 0 Å². The highest BCUT2D eigenvalue weighted by molar-refractivity contribution is 5.37. The highest BCUT2D eigenvalue weighted by atomic mass is 16.3. The maximum absolute atomic E-state index is 10.8. The van der Waals surface area contributed by atoms with Crippen LogP contribution in [0.3, 0.4) is 0 Å². The Morgan fingerprint density at radius 3 is 1.79 bits per heavy atom. The van der Waals surface area contributed by atoms with E-state index in [9.17, 15) is 10.2 Å².